The SMILES string of the molecule is CNC(=O)CSc1cnc(NC(=O)N2CC3(CCN(C)C3)c3cc(Cl)ccc32)s1. The van der Waals surface area contributed by atoms with E-state index in [1.807, 2.05) is 18.2 Å². The Morgan fingerprint density at radius 2 is 2.21 bits per heavy atom. The van der Waals surface area contributed by atoms with Gasteiger partial charge in [-0.15, -0.1) is 11.8 Å². The number of amides is 3. The van der Waals surface area contributed by atoms with Crippen LogP contribution >= 0.6 is 34.7 Å². The lowest BCUT2D eigenvalue weighted by molar-refractivity contribution is -0.118. The second-order valence-electron chi connectivity index (χ2n) is 7.39. The van der Waals surface area contributed by atoms with Gasteiger partial charge in [-0.25, -0.2) is 9.78 Å². The van der Waals surface area contributed by atoms with Gasteiger partial charge in [0.1, 0.15) is 0 Å². The van der Waals surface area contributed by atoms with Crippen LogP contribution in [0.25, 0.3) is 0 Å². The zero-order valence-electron chi connectivity index (χ0n) is 16.2. The van der Waals surface area contributed by atoms with Crippen molar-refractivity contribution in [2.45, 2.75) is 16.0 Å². The number of fused-ring (bicyclic) bond motifs is 2. The molecule has 10 heteroatoms. The number of hydrogen-bond donors (Lipinski definition) is 2. The number of carbonyl (C=O) groups is 2. The van der Waals surface area contributed by atoms with Gasteiger partial charge in [-0.3, -0.25) is 15.0 Å². The highest BCUT2D eigenvalue weighted by Gasteiger charge is 2.48. The molecule has 1 saturated heterocycles. The third-order valence-electron chi connectivity index (χ3n) is 5.39. The van der Waals surface area contributed by atoms with Crippen molar-refractivity contribution in [3.05, 3.63) is 35.0 Å². The molecule has 0 saturated carbocycles. The van der Waals surface area contributed by atoms with Crippen LogP contribution in [0, 0.1) is 0 Å². The summed E-state index contributed by atoms with van der Waals surface area (Å²) < 4.78 is 0.881. The molecule has 2 N–H and O–H groups in total. The van der Waals surface area contributed by atoms with Crippen molar-refractivity contribution >= 4 is 57.5 Å². The van der Waals surface area contributed by atoms with Gasteiger partial charge in [0.15, 0.2) is 5.13 Å². The van der Waals surface area contributed by atoms with E-state index in [1.54, 1.807) is 18.1 Å². The third kappa shape index (κ3) is 4.09. The summed E-state index contributed by atoms with van der Waals surface area (Å²) in [7, 11) is 3.71. The quantitative estimate of drug-likeness (QED) is 0.697. The van der Waals surface area contributed by atoms with E-state index in [9.17, 15) is 9.59 Å². The standard InChI is InChI=1S/C19H22ClN5O2S2/c1-21-15(26)9-28-16-8-22-17(29-16)23-18(27)25-11-19(5-6-24(2)10-19)13-7-12(20)3-4-14(13)25/h3-4,7-8H,5-6,9-11H2,1-2H3,(H,21,26)(H,22,23,27). The first-order valence-corrected chi connectivity index (χ1v) is 11.4. The zero-order valence-corrected chi connectivity index (χ0v) is 18.6. The maximum atomic E-state index is 13.1. The Hall–Kier alpha value is -1.81. The summed E-state index contributed by atoms with van der Waals surface area (Å²) >= 11 is 9.03. The van der Waals surface area contributed by atoms with Crippen molar-refractivity contribution in [2.24, 2.45) is 0 Å². The molecule has 29 heavy (non-hydrogen) atoms. The minimum Gasteiger partial charge on any atom is -0.358 e. The van der Waals surface area contributed by atoms with Gasteiger partial charge >= 0.3 is 6.03 Å². The number of nitrogens with one attached hydrogen (secondary N) is 2. The van der Waals surface area contributed by atoms with Crippen molar-refractivity contribution in [3.63, 3.8) is 0 Å². The summed E-state index contributed by atoms with van der Waals surface area (Å²) in [5, 5.41) is 6.71. The smallest absolute Gasteiger partial charge is 0.328 e. The molecule has 0 aliphatic carbocycles. The molecule has 0 bridgehead atoms. The summed E-state index contributed by atoms with van der Waals surface area (Å²) in [5.41, 5.74) is 1.97. The van der Waals surface area contributed by atoms with Crippen LogP contribution in [0.4, 0.5) is 15.6 Å². The molecule has 1 aromatic carbocycles. The average molecular weight is 452 g/mol. The van der Waals surface area contributed by atoms with Crippen molar-refractivity contribution in [1.29, 1.82) is 0 Å². The van der Waals surface area contributed by atoms with Crippen LogP contribution in [-0.4, -0.2) is 61.3 Å². The first-order chi connectivity index (χ1) is 13.9. The molecule has 2 aromatic rings. The Labute approximate surface area is 182 Å². The van der Waals surface area contributed by atoms with Crippen molar-refractivity contribution < 1.29 is 9.59 Å². The minimum atomic E-state index is -0.197. The average Bonchev–Trinajstić information content (AvgIpc) is 3.38. The van der Waals surface area contributed by atoms with Gasteiger partial charge in [-0.05, 0) is 43.8 Å². The molecule has 1 aromatic heterocycles. The van der Waals surface area contributed by atoms with Gasteiger partial charge in [0.25, 0.3) is 0 Å². The molecule has 4 rings (SSSR count). The number of likely N-dealkylation sites (tertiary alicyclic amines) is 1. The second kappa shape index (κ2) is 8.14. The molecule has 1 spiro atoms. The van der Waals surface area contributed by atoms with E-state index in [0.29, 0.717) is 22.5 Å². The molecule has 154 valence electrons. The highest BCUT2D eigenvalue weighted by atomic mass is 35.5. The number of nitrogens with zero attached hydrogens (tertiary/aromatic N) is 3. The third-order valence-corrected chi connectivity index (χ3v) is 7.74. The van der Waals surface area contributed by atoms with E-state index in [4.69, 9.17) is 11.6 Å². The molecule has 2 aliphatic rings. The summed E-state index contributed by atoms with van der Waals surface area (Å²) in [6.07, 6.45) is 2.68. The molecule has 0 radical (unpaired) electrons. The summed E-state index contributed by atoms with van der Waals surface area (Å²) in [4.78, 5) is 32.8. The van der Waals surface area contributed by atoms with Gasteiger partial charge in [-0.1, -0.05) is 22.9 Å². The molecule has 1 atom stereocenters. The predicted octanol–water partition coefficient (Wildman–Crippen LogP) is 3.26. The van der Waals surface area contributed by atoms with Crippen LogP contribution in [0.5, 0.6) is 0 Å². The highest BCUT2D eigenvalue weighted by molar-refractivity contribution is 8.01. The predicted molar refractivity (Wildman–Crippen MR) is 119 cm³/mol. The second-order valence-corrected chi connectivity index (χ2v) is 10.1. The number of thiazole rings is 1. The number of carbonyl (C=O) groups excluding carboxylic acids is 2. The van der Waals surface area contributed by atoms with E-state index in [2.05, 4.69) is 27.6 Å². The van der Waals surface area contributed by atoms with Gasteiger partial charge in [0, 0.05) is 36.3 Å². The van der Waals surface area contributed by atoms with Crippen LogP contribution in [0.15, 0.2) is 28.6 Å². The molecule has 1 fully saturated rings. The Kier molecular flexibility index (Phi) is 5.74. The van der Waals surface area contributed by atoms with Crippen molar-refractivity contribution in [3.8, 4) is 0 Å². The maximum Gasteiger partial charge on any atom is 0.328 e. The normalized spacial score (nSPS) is 20.9. The first kappa shape index (κ1) is 20.5. The van der Waals surface area contributed by atoms with Crippen LogP contribution in [0.2, 0.25) is 5.02 Å². The lowest BCUT2D eigenvalue weighted by atomic mass is 9.81. The zero-order chi connectivity index (χ0) is 20.6. The van der Waals surface area contributed by atoms with E-state index in [1.165, 1.54) is 23.1 Å². The topological polar surface area (TPSA) is 77.6 Å². The monoisotopic (exact) mass is 451 g/mol. The Morgan fingerprint density at radius 1 is 1.38 bits per heavy atom. The lowest BCUT2D eigenvalue weighted by Crippen LogP contribution is -2.40. The molecular formula is C19H22ClN5O2S2. The van der Waals surface area contributed by atoms with E-state index < -0.39 is 0 Å². The summed E-state index contributed by atoms with van der Waals surface area (Å²) in [6.45, 7) is 2.53. The Bertz CT molecular complexity index is 952. The van der Waals surface area contributed by atoms with Crippen LogP contribution in [0.1, 0.15) is 12.0 Å². The van der Waals surface area contributed by atoms with Crippen molar-refractivity contribution in [1.82, 2.24) is 15.2 Å². The maximum absolute atomic E-state index is 13.1. The van der Waals surface area contributed by atoms with E-state index in [0.717, 1.165) is 35.0 Å². The number of urea groups is 1. The number of halogens is 1. The minimum absolute atomic E-state index is 0.0480. The van der Waals surface area contributed by atoms with E-state index in [-0.39, 0.29) is 17.4 Å². The van der Waals surface area contributed by atoms with Crippen LogP contribution in [-0.2, 0) is 10.2 Å². The molecular weight excluding hydrogens is 430 g/mol. The van der Waals surface area contributed by atoms with Crippen LogP contribution in [0.3, 0.4) is 0 Å². The van der Waals surface area contributed by atoms with E-state index >= 15 is 0 Å². The molecule has 3 amide bonds. The number of likely N-dealkylation sites (N-methyl/N-ethyl adjacent to an activating group) is 1. The summed E-state index contributed by atoms with van der Waals surface area (Å²) in [5.74, 6) is 0.274. The molecule has 3 heterocycles. The number of benzene rings is 1. The molecule has 2 aliphatic heterocycles. The molecule has 1 unspecified atom stereocenters. The number of thioether (sulfide) groups is 1. The van der Waals surface area contributed by atoms with Gasteiger partial charge in [0.2, 0.25) is 5.91 Å². The fourth-order valence-electron chi connectivity index (χ4n) is 4.00. The Morgan fingerprint density at radius 3 is 2.93 bits per heavy atom. The highest BCUT2D eigenvalue weighted by Crippen LogP contribution is 2.47. The number of aromatic nitrogens is 1. The lowest BCUT2D eigenvalue weighted by Gasteiger charge is -2.25. The molecule has 7 nitrogen and oxygen atoms in total. The fourth-order valence-corrected chi connectivity index (χ4v) is 5.91. The number of rotatable bonds is 4. The van der Waals surface area contributed by atoms with Gasteiger partial charge in [-0.2, -0.15) is 0 Å². The number of anilines is 2. The van der Waals surface area contributed by atoms with Crippen molar-refractivity contribution in [2.75, 3.05) is 49.7 Å². The Balaban J connectivity index is 1.50. The summed E-state index contributed by atoms with van der Waals surface area (Å²) in [6, 6.07) is 5.56. The van der Waals surface area contributed by atoms with Gasteiger partial charge < -0.3 is 10.2 Å². The number of hydrogen-bond acceptors (Lipinski definition) is 6. The van der Waals surface area contributed by atoms with Crippen LogP contribution < -0.4 is 15.5 Å². The fraction of sp³-hybridized carbons (Fsp3) is 0.421. The van der Waals surface area contributed by atoms with Gasteiger partial charge in [0.05, 0.1) is 16.2 Å². The largest absolute Gasteiger partial charge is 0.358 e. The first-order valence-electron chi connectivity index (χ1n) is 9.26.